The van der Waals surface area contributed by atoms with Crippen LogP contribution in [0, 0.1) is 6.92 Å². The van der Waals surface area contributed by atoms with Crippen LogP contribution in [0.1, 0.15) is 44.9 Å². The molecule has 0 aliphatic rings. The molecule has 0 aromatic carbocycles. The number of hydrogen-bond donors (Lipinski definition) is 1. The van der Waals surface area contributed by atoms with Crippen molar-refractivity contribution in [1.29, 1.82) is 0 Å². The van der Waals surface area contributed by atoms with Crippen molar-refractivity contribution < 1.29 is 0 Å². The fourth-order valence-electron chi connectivity index (χ4n) is 2.89. The summed E-state index contributed by atoms with van der Waals surface area (Å²) in [6, 6.07) is 2.36. The smallest absolute Gasteiger partial charge is 0.0517 e. The SMILES string of the molecule is CCN(CC)C(C)(C)C(NC)c1cnccc1C. The molecule has 0 spiro atoms. The molecule has 1 N–H and O–H groups in total. The zero-order valence-corrected chi connectivity index (χ0v) is 12.6. The number of aromatic nitrogens is 1. The van der Waals surface area contributed by atoms with Crippen LogP contribution in [0.5, 0.6) is 0 Å². The van der Waals surface area contributed by atoms with Crippen molar-refractivity contribution >= 4 is 0 Å². The lowest BCUT2D eigenvalue weighted by molar-refractivity contribution is 0.0941. The summed E-state index contributed by atoms with van der Waals surface area (Å²) in [5.74, 6) is 0. The second kappa shape index (κ2) is 6.30. The number of aryl methyl sites for hydroxylation is 1. The van der Waals surface area contributed by atoms with Gasteiger partial charge in [0.1, 0.15) is 0 Å². The molecule has 1 rings (SSSR count). The Labute approximate surface area is 112 Å². The minimum Gasteiger partial charge on any atom is -0.311 e. The summed E-state index contributed by atoms with van der Waals surface area (Å²) >= 11 is 0. The molecule has 0 saturated heterocycles. The van der Waals surface area contributed by atoms with E-state index in [0.29, 0.717) is 0 Å². The first-order valence-electron chi connectivity index (χ1n) is 6.81. The number of rotatable bonds is 6. The maximum absolute atomic E-state index is 4.28. The van der Waals surface area contributed by atoms with Gasteiger partial charge in [0.15, 0.2) is 0 Å². The van der Waals surface area contributed by atoms with E-state index in [9.17, 15) is 0 Å². The van der Waals surface area contributed by atoms with E-state index in [-0.39, 0.29) is 11.6 Å². The van der Waals surface area contributed by atoms with Gasteiger partial charge < -0.3 is 5.32 Å². The fourth-order valence-corrected chi connectivity index (χ4v) is 2.89. The van der Waals surface area contributed by atoms with Gasteiger partial charge in [0.05, 0.1) is 6.04 Å². The molecule has 3 heteroatoms. The summed E-state index contributed by atoms with van der Waals surface area (Å²) < 4.78 is 0. The van der Waals surface area contributed by atoms with Crippen molar-refractivity contribution in [3.63, 3.8) is 0 Å². The van der Waals surface area contributed by atoms with Gasteiger partial charge in [-0.25, -0.2) is 0 Å². The van der Waals surface area contributed by atoms with Crippen molar-refractivity contribution in [2.75, 3.05) is 20.1 Å². The maximum atomic E-state index is 4.28. The predicted molar refractivity (Wildman–Crippen MR) is 77.8 cm³/mol. The van der Waals surface area contributed by atoms with Crippen LogP contribution >= 0.6 is 0 Å². The second-order valence-electron chi connectivity index (χ2n) is 5.28. The van der Waals surface area contributed by atoms with E-state index in [1.165, 1.54) is 11.1 Å². The monoisotopic (exact) mass is 249 g/mol. The van der Waals surface area contributed by atoms with Gasteiger partial charge in [-0.15, -0.1) is 0 Å². The standard InChI is InChI=1S/C15H27N3/c1-7-18(8-2)15(4,5)14(16-6)13-11-17-10-9-12(13)3/h9-11,14,16H,7-8H2,1-6H3. The van der Waals surface area contributed by atoms with Crippen LogP contribution in [0.4, 0.5) is 0 Å². The molecule has 0 aliphatic carbocycles. The zero-order chi connectivity index (χ0) is 13.8. The Morgan fingerprint density at radius 1 is 1.33 bits per heavy atom. The van der Waals surface area contributed by atoms with Gasteiger partial charge in [0.25, 0.3) is 0 Å². The van der Waals surface area contributed by atoms with Crippen LogP contribution < -0.4 is 5.32 Å². The van der Waals surface area contributed by atoms with E-state index in [4.69, 9.17) is 0 Å². The number of nitrogens with one attached hydrogen (secondary N) is 1. The lowest BCUT2D eigenvalue weighted by Gasteiger charge is -2.43. The fraction of sp³-hybridized carbons (Fsp3) is 0.667. The minimum atomic E-state index is 0.0616. The molecule has 1 aromatic heterocycles. The van der Waals surface area contributed by atoms with Gasteiger partial charge >= 0.3 is 0 Å². The third kappa shape index (κ3) is 2.90. The Hall–Kier alpha value is -0.930. The van der Waals surface area contributed by atoms with Crippen molar-refractivity contribution in [3.8, 4) is 0 Å². The average Bonchev–Trinajstić information content (AvgIpc) is 2.33. The highest BCUT2D eigenvalue weighted by Crippen LogP contribution is 2.31. The van der Waals surface area contributed by atoms with Crippen LogP contribution in [-0.4, -0.2) is 35.6 Å². The normalized spacial score (nSPS) is 13.9. The highest BCUT2D eigenvalue weighted by molar-refractivity contribution is 5.28. The highest BCUT2D eigenvalue weighted by Gasteiger charge is 2.34. The van der Waals surface area contributed by atoms with E-state index < -0.39 is 0 Å². The topological polar surface area (TPSA) is 28.2 Å². The molecule has 0 fully saturated rings. The van der Waals surface area contributed by atoms with Crippen LogP contribution in [0.15, 0.2) is 18.5 Å². The van der Waals surface area contributed by atoms with Crippen LogP contribution in [0.25, 0.3) is 0 Å². The average molecular weight is 249 g/mol. The number of likely N-dealkylation sites (N-methyl/N-ethyl adjacent to an activating group) is 2. The van der Waals surface area contributed by atoms with Gasteiger partial charge in [-0.05, 0) is 58.1 Å². The first kappa shape index (κ1) is 15.1. The molecule has 1 atom stereocenters. The van der Waals surface area contributed by atoms with Crippen molar-refractivity contribution in [2.24, 2.45) is 0 Å². The second-order valence-corrected chi connectivity index (χ2v) is 5.28. The molecule has 1 aromatic rings. The number of pyridine rings is 1. The zero-order valence-electron chi connectivity index (χ0n) is 12.6. The minimum absolute atomic E-state index is 0.0616. The molecule has 1 unspecified atom stereocenters. The summed E-state index contributed by atoms with van der Waals surface area (Å²) in [4.78, 5) is 6.77. The summed E-state index contributed by atoms with van der Waals surface area (Å²) in [6.07, 6.45) is 3.84. The molecule has 102 valence electrons. The summed E-state index contributed by atoms with van der Waals surface area (Å²) in [5, 5.41) is 3.47. The molecule has 3 nitrogen and oxygen atoms in total. The Bertz CT molecular complexity index is 370. The van der Waals surface area contributed by atoms with E-state index >= 15 is 0 Å². The molecular formula is C15H27N3. The third-order valence-corrected chi connectivity index (χ3v) is 3.96. The summed E-state index contributed by atoms with van der Waals surface area (Å²) in [5.41, 5.74) is 2.65. The molecule has 0 saturated carbocycles. The number of hydrogen-bond acceptors (Lipinski definition) is 3. The summed E-state index contributed by atoms with van der Waals surface area (Å²) in [7, 11) is 2.03. The molecular weight excluding hydrogens is 222 g/mol. The molecule has 1 heterocycles. The summed E-state index contributed by atoms with van der Waals surface area (Å²) in [6.45, 7) is 13.3. The van der Waals surface area contributed by atoms with Crippen LogP contribution in [0.3, 0.4) is 0 Å². The third-order valence-electron chi connectivity index (χ3n) is 3.96. The van der Waals surface area contributed by atoms with Crippen molar-refractivity contribution in [3.05, 3.63) is 29.6 Å². The van der Waals surface area contributed by atoms with Crippen LogP contribution in [-0.2, 0) is 0 Å². The first-order valence-corrected chi connectivity index (χ1v) is 6.81. The highest BCUT2D eigenvalue weighted by atomic mass is 15.2. The molecule has 18 heavy (non-hydrogen) atoms. The maximum Gasteiger partial charge on any atom is 0.0517 e. The van der Waals surface area contributed by atoms with Gasteiger partial charge in [-0.2, -0.15) is 0 Å². The van der Waals surface area contributed by atoms with Gasteiger partial charge in [-0.3, -0.25) is 9.88 Å². The van der Waals surface area contributed by atoms with E-state index in [1.807, 2.05) is 19.4 Å². The first-order chi connectivity index (χ1) is 8.48. The Balaban J connectivity index is 3.13. The van der Waals surface area contributed by atoms with Crippen molar-refractivity contribution in [1.82, 2.24) is 15.2 Å². The Morgan fingerprint density at radius 3 is 2.39 bits per heavy atom. The lowest BCUT2D eigenvalue weighted by Crippen LogP contribution is -2.52. The van der Waals surface area contributed by atoms with Crippen LogP contribution in [0.2, 0.25) is 0 Å². The quantitative estimate of drug-likeness (QED) is 0.840. The van der Waals surface area contributed by atoms with E-state index in [0.717, 1.165) is 13.1 Å². The van der Waals surface area contributed by atoms with Gasteiger partial charge in [0.2, 0.25) is 0 Å². The van der Waals surface area contributed by atoms with Gasteiger partial charge in [-0.1, -0.05) is 13.8 Å². The Morgan fingerprint density at radius 2 is 1.94 bits per heavy atom. The molecule has 0 radical (unpaired) electrons. The lowest BCUT2D eigenvalue weighted by atomic mass is 9.86. The van der Waals surface area contributed by atoms with Gasteiger partial charge in [0, 0.05) is 17.9 Å². The molecule has 0 amide bonds. The van der Waals surface area contributed by atoms with E-state index in [2.05, 4.69) is 55.9 Å². The predicted octanol–water partition coefficient (Wildman–Crippen LogP) is 2.77. The number of nitrogens with zero attached hydrogens (tertiary/aromatic N) is 2. The molecule has 0 aliphatic heterocycles. The largest absolute Gasteiger partial charge is 0.311 e. The molecule has 0 bridgehead atoms. The Kier molecular flexibility index (Phi) is 5.29. The van der Waals surface area contributed by atoms with E-state index in [1.54, 1.807) is 0 Å². The van der Waals surface area contributed by atoms with Crippen molar-refractivity contribution in [2.45, 2.75) is 46.2 Å².